The van der Waals surface area contributed by atoms with Crippen molar-refractivity contribution in [3.63, 3.8) is 0 Å². The van der Waals surface area contributed by atoms with Crippen LogP contribution >= 0.6 is 0 Å². The molecular weight excluding hydrogens is 588 g/mol. The summed E-state index contributed by atoms with van der Waals surface area (Å²) < 4.78 is 5.18. The molecule has 0 saturated heterocycles. The van der Waals surface area contributed by atoms with Gasteiger partial charge in [0.25, 0.3) is 5.91 Å². The number of ketones is 2. The van der Waals surface area contributed by atoms with Gasteiger partial charge >= 0.3 is 6.09 Å². The van der Waals surface area contributed by atoms with Crippen molar-refractivity contribution in [2.45, 2.75) is 31.0 Å². The Balaban J connectivity index is 1.56. The lowest BCUT2D eigenvalue weighted by Gasteiger charge is -2.50. The zero-order valence-electron chi connectivity index (χ0n) is 25.0. The zero-order valence-corrected chi connectivity index (χ0v) is 25.0. The van der Waals surface area contributed by atoms with Crippen LogP contribution in [0.4, 0.5) is 10.5 Å². The monoisotopic (exact) mass is 622 g/mol. The van der Waals surface area contributed by atoms with E-state index in [1.54, 1.807) is 39.2 Å². The Hall–Kier alpha value is -5.08. The standard InChI is InChI=1S/C31H34N4O10/c1-34(2)19-11-14(12-33-30(43)45-16-7-5-15(36)6-8-16)24(37)21-17(19)9-13-10-18-23(35(3)4)26(39)22(29(32)42)28(41)31(18,44)27(40)20(13)25(21)38/h5-8,11,13,18,23,36-37,39-40,44H,9-10,12H2,1-4H3,(H2,32,42)(H,33,43)/t13-,18-,23-,31-/m0/s1. The molecule has 0 saturated carbocycles. The zero-order chi connectivity index (χ0) is 33.1. The Morgan fingerprint density at radius 1 is 1.07 bits per heavy atom. The van der Waals surface area contributed by atoms with Gasteiger partial charge in [-0.15, -0.1) is 0 Å². The summed E-state index contributed by atoms with van der Waals surface area (Å²) in [5.74, 6) is -7.26. The van der Waals surface area contributed by atoms with E-state index in [0.717, 1.165) is 0 Å². The number of nitrogens with one attached hydrogen (secondary N) is 1. The molecule has 2 aromatic rings. The van der Waals surface area contributed by atoms with Crippen LogP contribution in [0.2, 0.25) is 0 Å². The van der Waals surface area contributed by atoms with Gasteiger partial charge in [0.15, 0.2) is 11.4 Å². The maximum atomic E-state index is 14.1. The van der Waals surface area contributed by atoms with Gasteiger partial charge in [0, 0.05) is 43.4 Å². The van der Waals surface area contributed by atoms with E-state index in [0.29, 0.717) is 11.3 Å². The number of ether oxygens (including phenoxy) is 1. The van der Waals surface area contributed by atoms with Crippen molar-refractivity contribution < 1.29 is 49.4 Å². The van der Waals surface area contributed by atoms with Crippen molar-refractivity contribution in [3.8, 4) is 17.2 Å². The number of anilines is 1. The SMILES string of the molecule is CN(C)c1cc(CNC(=O)Oc2ccc(O)cc2)c(O)c2c1C[C@H]1C[C@H]3[C@H](N(C)C)C(O)=C(C(N)=O)C(=O)[C@@]3(O)C(O)=C1C2=O. The van der Waals surface area contributed by atoms with E-state index in [-0.39, 0.29) is 47.6 Å². The second-order valence-electron chi connectivity index (χ2n) is 11.9. The summed E-state index contributed by atoms with van der Waals surface area (Å²) in [6.45, 7) is -0.264. The summed E-state index contributed by atoms with van der Waals surface area (Å²) >= 11 is 0. The van der Waals surface area contributed by atoms with Gasteiger partial charge in [-0.1, -0.05) is 0 Å². The van der Waals surface area contributed by atoms with Crippen LogP contribution in [0.25, 0.3) is 0 Å². The van der Waals surface area contributed by atoms with Gasteiger partial charge in [0.1, 0.15) is 34.3 Å². The number of allylic oxidation sites excluding steroid dienone is 1. The highest BCUT2D eigenvalue weighted by Crippen LogP contribution is 2.53. The Kier molecular flexibility index (Phi) is 7.75. The number of fused-ring (bicyclic) bond motifs is 3. The molecular formula is C31H34N4O10. The minimum Gasteiger partial charge on any atom is -0.510 e. The minimum atomic E-state index is -2.75. The van der Waals surface area contributed by atoms with Crippen LogP contribution in [0.15, 0.2) is 53.0 Å². The van der Waals surface area contributed by atoms with Crippen molar-refractivity contribution >= 4 is 29.3 Å². The Bertz CT molecular complexity index is 1690. The molecule has 0 spiro atoms. The lowest BCUT2D eigenvalue weighted by Crippen LogP contribution is -2.63. The Morgan fingerprint density at radius 3 is 2.29 bits per heavy atom. The first-order valence-corrected chi connectivity index (χ1v) is 14.0. The van der Waals surface area contributed by atoms with E-state index >= 15 is 0 Å². The fraction of sp³-hybridized carbons (Fsp3) is 0.355. The predicted octanol–water partition coefficient (Wildman–Crippen LogP) is 1.18. The average molecular weight is 623 g/mol. The number of hydrogen-bond acceptors (Lipinski definition) is 12. The molecule has 0 bridgehead atoms. The summed E-state index contributed by atoms with van der Waals surface area (Å²) in [7, 11) is 6.58. The summed E-state index contributed by atoms with van der Waals surface area (Å²) in [4.78, 5) is 55.4. The number of phenolic OH excluding ortho intramolecular Hbond substituents is 2. The van der Waals surface area contributed by atoms with Crippen LogP contribution in [0.1, 0.15) is 27.9 Å². The second-order valence-corrected chi connectivity index (χ2v) is 11.9. The fourth-order valence-electron chi connectivity index (χ4n) is 6.71. The number of hydrogen-bond donors (Lipinski definition) is 7. The van der Waals surface area contributed by atoms with E-state index < -0.39 is 69.9 Å². The first-order valence-electron chi connectivity index (χ1n) is 14.0. The maximum absolute atomic E-state index is 14.1. The van der Waals surface area contributed by atoms with Crippen molar-refractivity contribution in [1.29, 1.82) is 0 Å². The molecule has 3 aliphatic carbocycles. The van der Waals surface area contributed by atoms with Crippen LogP contribution in [0.5, 0.6) is 17.2 Å². The number of aliphatic hydroxyl groups excluding tert-OH is 2. The molecule has 0 aliphatic heterocycles. The number of primary amides is 1. The topological polar surface area (TPSA) is 223 Å². The van der Waals surface area contributed by atoms with Crippen LogP contribution in [0, 0.1) is 11.8 Å². The summed E-state index contributed by atoms with van der Waals surface area (Å²) in [6, 6.07) is 5.96. The van der Waals surface area contributed by atoms with Crippen LogP contribution in [0.3, 0.4) is 0 Å². The van der Waals surface area contributed by atoms with E-state index in [1.807, 2.05) is 0 Å². The fourth-order valence-corrected chi connectivity index (χ4v) is 6.71. The smallest absolute Gasteiger partial charge is 0.412 e. The molecule has 14 nitrogen and oxygen atoms in total. The van der Waals surface area contributed by atoms with Crippen LogP contribution < -0.4 is 20.7 Å². The summed E-state index contributed by atoms with van der Waals surface area (Å²) in [5, 5.41) is 57.5. The number of aromatic hydroxyl groups is 2. The largest absolute Gasteiger partial charge is 0.510 e. The summed E-state index contributed by atoms with van der Waals surface area (Å²) in [5.41, 5.74) is 2.43. The first kappa shape index (κ1) is 31.3. The van der Waals surface area contributed by atoms with Crippen LogP contribution in [-0.2, 0) is 22.6 Å². The number of likely N-dealkylation sites (N-methyl/N-ethyl adjacent to an activating group) is 1. The number of phenols is 2. The van der Waals surface area contributed by atoms with Gasteiger partial charge in [0.05, 0.1) is 11.6 Å². The highest BCUT2D eigenvalue weighted by atomic mass is 16.6. The number of aliphatic hydroxyl groups is 3. The number of benzene rings is 2. The van der Waals surface area contributed by atoms with Gasteiger partial charge < -0.3 is 46.2 Å². The third-order valence-corrected chi connectivity index (χ3v) is 8.73. The van der Waals surface area contributed by atoms with Crippen molar-refractivity contribution in [2.24, 2.45) is 17.6 Å². The molecule has 3 aliphatic rings. The first-order chi connectivity index (χ1) is 21.1. The van der Waals surface area contributed by atoms with E-state index in [4.69, 9.17) is 10.5 Å². The molecule has 2 aromatic carbocycles. The number of amides is 2. The molecule has 5 rings (SSSR count). The Labute approximate surface area is 257 Å². The van der Waals surface area contributed by atoms with Gasteiger partial charge in [-0.3, -0.25) is 19.3 Å². The minimum absolute atomic E-state index is 0.0140. The molecule has 2 amide bonds. The molecule has 45 heavy (non-hydrogen) atoms. The number of nitrogens with zero attached hydrogens (tertiary/aromatic N) is 2. The van der Waals surface area contributed by atoms with Gasteiger partial charge in [0.2, 0.25) is 5.78 Å². The van der Waals surface area contributed by atoms with Crippen molar-refractivity contribution in [3.05, 3.63) is 69.7 Å². The highest BCUT2D eigenvalue weighted by Gasteiger charge is 2.63. The molecule has 0 unspecified atom stereocenters. The molecule has 238 valence electrons. The molecule has 0 aromatic heterocycles. The number of nitrogens with two attached hydrogens (primary N) is 1. The van der Waals surface area contributed by atoms with Crippen molar-refractivity contribution in [2.75, 3.05) is 33.1 Å². The van der Waals surface area contributed by atoms with Gasteiger partial charge in [-0.2, -0.15) is 0 Å². The van der Waals surface area contributed by atoms with E-state index in [9.17, 15) is 44.7 Å². The summed E-state index contributed by atoms with van der Waals surface area (Å²) in [6.07, 6.45) is -0.790. The maximum Gasteiger partial charge on any atom is 0.412 e. The molecule has 8 N–H and O–H groups in total. The normalized spacial score (nSPS) is 24.2. The van der Waals surface area contributed by atoms with E-state index in [1.165, 1.54) is 29.2 Å². The lowest BCUT2D eigenvalue weighted by molar-refractivity contribution is -0.148. The number of carbonyl (C=O) groups is 4. The second kappa shape index (κ2) is 11.1. The number of rotatable bonds is 6. The third-order valence-electron chi connectivity index (χ3n) is 8.73. The number of carbonyl (C=O) groups excluding carboxylic acids is 4. The van der Waals surface area contributed by atoms with E-state index in [2.05, 4.69) is 5.32 Å². The third kappa shape index (κ3) is 4.91. The molecule has 4 atom stereocenters. The lowest BCUT2D eigenvalue weighted by atomic mass is 9.58. The molecule has 0 heterocycles. The Morgan fingerprint density at radius 2 is 1.71 bits per heavy atom. The van der Waals surface area contributed by atoms with Gasteiger partial charge in [-0.25, -0.2) is 4.79 Å². The quantitative estimate of drug-likeness (QED) is 0.226. The van der Waals surface area contributed by atoms with Crippen LogP contribution in [-0.4, -0.2) is 93.8 Å². The molecule has 0 radical (unpaired) electrons. The highest BCUT2D eigenvalue weighted by molar-refractivity contribution is 6.25. The van der Waals surface area contributed by atoms with Gasteiger partial charge in [-0.05, 0) is 68.8 Å². The predicted molar refractivity (Wildman–Crippen MR) is 159 cm³/mol. The average Bonchev–Trinajstić information content (AvgIpc) is 2.95. The van der Waals surface area contributed by atoms with Crippen molar-refractivity contribution in [1.82, 2.24) is 10.2 Å². The molecule has 14 heteroatoms. The molecule has 0 fully saturated rings. The number of Topliss-reactive ketones (excluding diaryl/α,β-unsaturated/α-hetero) is 2.